The van der Waals surface area contributed by atoms with Gasteiger partial charge in [0, 0.05) is 37.8 Å². The van der Waals surface area contributed by atoms with E-state index in [4.69, 9.17) is 4.74 Å². The molecule has 2 saturated heterocycles. The van der Waals surface area contributed by atoms with E-state index in [0.29, 0.717) is 32.0 Å². The molecule has 2 fully saturated rings. The fourth-order valence-electron chi connectivity index (χ4n) is 4.08. The van der Waals surface area contributed by atoms with Crippen LogP contribution in [0.1, 0.15) is 17.6 Å². The first-order valence-electron chi connectivity index (χ1n) is 11.0. The highest BCUT2D eigenvalue weighted by molar-refractivity contribution is 5.57. The first kappa shape index (κ1) is 23.4. The van der Waals surface area contributed by atoms with Crippen LogP contribution in [0.4, 0.5) is 39.5 Å². The molecule has 35 heavy (non-hydrogen) atoms. The highest BCUT2D eigenvalue weighted by Crippen LogP contribution is 2.35. The molecule has 0 aliphatic carbocycles. The van der Waals surface area contributed by atoms with Gasteiger partial charge in [-0.1, -0.05) is 12.1 Å². The van der Waals surface area contributed by atoms with Crippen molar-refractivity contribution in [2.24, 2.45) is 0 Å². The molecular formula is C22H22F5N7O. The Bertz CT molecular complexity index is 1170. The first-order chi connectivity index (χ1) is 16.8. The van der Waals surface area contributed by atoms with E-state index < -0.39 is 18.2 Å². The molecule has 0 unspecified atom stereocenters. The second-order valence-corrected chi connectivity index (χ2v) is 8.34. The van der Waals surface area contributed by atoms with Gasteiger partial charge in [-0.2, -0.15) is 18.2 Å². The SMILES string of the molecule is FC(F)c1cccc(-n2cnc(Nc3cc(C(F)(F)F)cc(N4CC(N5CCOCC5)C4)n3)n2)c1. The van der Waals surface area contributed by atoms with Gasteiger partial charge in [-0.25, -0.2) is 18.4 Å². The van der Waals surface area contributed by atoms with Crippen LogP contribution in [0.2, 0.25) is 0 Å². The Balaban J connectivity index is 1.34. The number of ether oxygens (including phenoxy) is 1. The lowest BCUT2D eigenvalue weighted by Gasteiger charge is -2.47. The number of benzene rings is 1. The minimum Gasteiger partial charge on any atom is -0.379 e. The van der Waals surface area contributed by atoms with Gasteiger partial charge in [0.25, 0.3) is 6.43 Å². The standard InChI is InChI=1S/C22H22F5N7O/c23-20(24)14-2-1-3-16(8-14)34-13-28-21(31-34)30-18-9-15(22(25,26)27)10-19(29-18)33-11-17(12-33)32-4-6-35-7-5-32/h1-3,8-10,13,17,20H,4-7,11-12H2,(H,29,30,31). The molecule has 8 nitrogen and oxygen atoms in total. The molecule has 4 heterocycles. The Morgan fingerprint density at radius 3 is 2.54 bits per heavy atom. The average molecular weight is 495 g/mol. The molecule has 186 valence electrons. The lowest BCUT2D eigenvalue weighted by molar-refractivity contribution is -0.137. The smallest absolute Gasteiger partial charge is 0.379 e. The Kier molecular flexibility index (Phi) is 6.28. The number of halogens is 5. The molecule has 2 aliphatic heterocycles. The summed E-state index contributed by atoms with van der Waals surface area (Å²) in [6, 6.07) is 7.75. The Morgan fingerprint density at radius 2 is 1.83 bits per heavy atom. The van der Waals surface area contributed by atoms with E-state index in [-0.39, 0.29) is 29.2 Å². The second kappa shape index (κ2) is 9.38. The van der Waals surface area contributed by atoms with Crippen molar-refractivity contribution in [1.82, 2.24) is 24.6 Å². The van der Waals surface area contributed by atoms with Crippen molar-refractivity contribution in [3.63, 3.8) is 0 Å². The van der Waals surface area contributed by atoms with Gasteiger partial charge < -0.3 is 15.0 Å². The third kappa shape index (κ3) is 5.20. The molecule has 0 amide bonds. The predicted molar refractivity (Wildman–Crippen MR) is 117 cm³/mol. The molecule has 5 rings (SSSR count). The summed E-state index contributed by atoms with van der Waals surface area (Å²) >= 11 is 0. The number of anilines is 3. The van der Waals surface area contributed by atoms with Gasteiger partial charge in [-0.05, 0) is 24.3 Å². The Hall–Kier alpha value is -3.32. The van der Waals surface area contributed by atoms with Crippen molar-refractivity contribution in [1.29, 1.82) is 0 Å². The molecule has 0 saturated carbocycles. The Labute approximate surface area is 197 Å². The van der Waals surface area contributed by atoms with Crippen molar-refractivity contribution in [2.75, 3.05) is 49.6 Å². The number of hydrogen-bond acceptors (Lipinski definition) is 7. The zero-order chi connectivity index (χ0) is 24.6. The van der Waals surface area contributed by atoms with Gasteiger partial charge in [0.05, 0.1) is 24.5 Å². The molecule has 2 aliphatic rings. The molecule has 1 aromatic carbocycles. The maximum atomic E-state index is 13.6. The summed E-state index contributed by atoms with van der Waals surface area (Å²) in [4.78, 5) is 12.4. The highest BCUT2D eigenvalue weighted by Gasteiger charge is 2.36. The third-order valence-corrected chi connectivity index (χ3v) is 6.01. The molecule has 0 spiro atoms. The predicted octanol–water partition coefficient (Wildman–Crippen LogP) is 3.88. The minimum absolute atomic E-state index is 0.0139. The lowest BCUT2D eigenvalue weighted by Crippen LogP contribution is -2.61. The fraction of sp³-hybridized carbons (Fsp3) is 0.409. The van der Waals surface area contributed by atoms with Gasteiger partial charge in [0.15, 0.2) is 0 Å². The summed E-state index contributed by atoms with van der Waals surface area (Å²) in [5, 5.41) is 6.85. The van der Waals surface area contributed by atoms with Crippen LogP contribution in [0.15, 0.2) is 42.7 Å². The Morgan fingerprint density at radius 1 is 1.06 bits per heavy atom. The monoisotopic (exact) mass is 495 g/mol. The topological polar surface area (TPSA) is 71.3 Å². The van der Waals surface area contributed by atoms with Crippen LogP contribution < -0.4 is 10.2 Å². The first-order valence-corrected chi connectivity index (χ1v) is 11.0. The van der Waals surface area contributed by atoms with Crippen LogP contribution in [0.3, 0.4) is 0 Å². The number of aromatic nitrogens is 4. The molecule has 0 bridgehead atoms. The van der Waals surface area contributed by atoms with Crippen LogP contribution in [0.25, 0.3) is 5.69 Å². The van der Waals surface area contributed by atoms with Crippen LogP contribution in [-0.4, -0.2) is 70.1 Å². The van der Waals surface area contributed by atoms with E-state index in [9.17, 15) is 22.0 Å². The van der Waals surface area contributed by atoms with Gasteiger partial charge in [-0.3, -0.25) is 4.90 Å². The van der Waals surface area contributed by atoms with Gasteiger partial charge in [-0.15, -0.1) is 5.10 Å². The van der Waals surface area contributed by atoms with Gasteiger partial charge >= 0.3 is 6.18 Å². The number of pyridine rings is 1. The lowest BCUT2D eigenvalue weighted by atomic mass is 10.1. The van der Waals surface area contributed by atoms with Gasteiger partial charge in [0.1, 0.15) is 18.0 Å². The number of nitrogens with zero attached hydrogens (tertiary/aromatic N) is 6. The summed E-state index contributed by atoms with van der Waals surface area (Å²) in [5.41, 5.74) is -0.679. The average Bonchev–Trinajstić information content (AvgIpc) is 3.27. The fourth-order valence-corrected chi connectivity index (χ4v) is 4.08. The number of nitrogens with one attached hydrogen (secondary N) is 1. The maximum Gasteiger partial charge on any atom is 0.416 e. The summed E-state index contributed by atoms with van der Waals surface area (Å²) < 4.78 is 73.3. The largest absolute Gasteiger partial charge is 0.416 e. The molecule has 13 heteroatoms. The number of rotatable bonds is 6. The molecule has 0 atom stereocenters. The zero-order valence-electron chi connectivity index (χ0n) is 18.4. The van der Waals surface area contributed by atoms with E-state index in [1.807, 2.05) is 0 Å². The van der Waals surface area contributed by atoms with E-state index >= 15 is 0 Å². The van der Waals surface area contributed by atoms with Crippen molar-refractivity contribution in [2.45, 2.75) is 18.6 Å². The number of morpholine rings is 1. The van der Waals surface area contributed by atoms with Crippen LogP contribution in [0.5, 0.6) is 0 Å². The molecule has 1 N–H and O–H groups in total. The summed E-state index contributed by atoms with van der Waals surface area (Å²) in [5.74, 6) is 0.125. The van der Waals surface area contributed by atoms with Crippen LogP contribution >= 0.6 is 0 Å². The molecule has 0 radical (unpaired) electrons. The van der Waals surface area contributed by atoms with E-state index in [1.165, 1.54) is 29.2 Å². The van der Waals surface area contributed by atoms with Crippen molar-refractivity contribution >= 4 is 17.6 Å². The number of hydrogen-bond donors (Lipinski definition) is 1. The van der Waals surface area contributed by atoms with E-state index in [0.717, 1.165) is 25.2 Å². The number of alkyl halides is 5. The second-order valence-electron chi connectivity index (χ2n) is 8.34. The van der Waals surface area contributed by atoms with Crippen molar-refractivity contribution in [3.05, 3.63) is 53.9 Å². The normalized spacial score (nSPS) is 17.6. The summed E-state index contributed by atoms with van der Waals surface area (Å²) in [7, 11) is 0. The third-order valence-electron chi connectivity index (χ3n) is 6.01. The van der Waals surface area contributed by atoms with Crippen LogP contribution in [-0.2, 0) is 10.9 Å². The summed E-state index contributed by atoms with van der Waals surface area (Å²) in [6.45, 7) is 4.05. The summed E-state index contributed by atoms with van der Waals surface area (Å²) in [6.07, 6.45) is -5.93. The molecule has 3 aromatic rings. The molecular weight excluding hydrogens is 473 g/mol. The van der Waals surface area contributed by atoms with Crippen LogP contribution in [0, 0.1) is 0 Å². The van der Waals surface area contributed by atoms with Crippen molar-refractivity contribution in [3.8, 4) is 5.69 Å². The minimum atomic E-state index is -4.56. The quantitative estimate of drug-likeness (QED) is 0.521. The van der Waals surface area contributed by atoms with Crippen molar-refractivity contribution < 1.29 is 26.7 Å². The van der Waals surface area contributed by atoms with E-state index in [2.05, 4.69) is 25.3 Å². The zero-order valence-corrected chi connectivity index (χ0v) is 18.4. The van der Waals surface area contributed by atoms with Gasteiger partial charge in [0.2, 0.25) is 5.95 Å². The maximum absolute atomic E-state index is 13.6. The highest BCUT2D eigenvalue weighted by atomic mass is 19.4. The van der Waals surface area contributed by atoms with E-state index in [1.54, 1.807) is 11.0 Å². The molecule has 2 aromatic heterocycles.